The van der Waals surface area contributed by atoms with Gasteiger partial charge in [-0.1, -0.05) is 59.6 Å². The number of hydrazone groups is 1. The summed E-state index contributed by atoms with van der Waals surface area (Å²) in [6.07, 6.45) is 0. The number of halogens is 2. The average molecular weight is 526 g/mol. The minimum atomic E-state index is -0.577. The Morgan fingerprint density at radius 2 is 1.80 bits per heavy atom. The molecule has 1 N–H and O–H groups in total. The predicted octanol–water partition coefficient (Wildman–Crippen LogP) is 6.63. The first kappa shape index (κ1) is 24.8. The van der Waals surface area contributed by atoms with Crippen molar-refractivity contribution in [3.63, 3.8) is 0 Å². The zero-order valence-electron chi connectivity index (χ0n) is 18.9. The van der Waals surface area contributed by atoms with Crippen molar-refractivity contribution in [2.75, 3.05) is 12.0 Å². The van der Waals surface area contributed by atoms with E-state index in [1.807, 2.05) is 66.1 Å². The van der Waals surface area contributed by atoms with Crippen LogP contribution in [0.2, 0.25) is 10.0 Å². The number of carbonyl (C=O) groups excluding carboxylic acids is 1. The summed E-state index contributed by atoms with van der Waals surface area (Å²) in [4.78, 5) is 12.8. The SMILES string of the molecule is CCOC(=O)C(=NNc1ccccc1C)Sc1nnc(-c2ccc(Cl)cc2Cl)n1-c1ccccc1. The van der Waals surface area contributed by atoms with Crippen LogP contribution in [-0.2, 0) is 9.53 Å². The lowest BCUT2D eigenvalue weighted by molar-refractivity contribution is -0.134. The maximum absolute atomic E-state index is 12.8. The molecular weight excluding hydrogens is 505 g/mol. The molecule has 7 nitrogen and oxygen atoms in total. The molecule has 1 heterocycles. The van der Waals surface area contributed by atoms with E-state index >= 15 is 0 Å². The van der Waals surface area contributed by atoms with E-state index in [1.165, 1.54) is 0 Å². The van der Waals surface area contributed by atoms with Crippen LogP contribution in [0, 0.1) is 6.92 Å². The van der Waals surface area contributed by atoms with Crippen molar-refractivity contribution in [2.45, 2.75) is 19.0 Å². The summed E-state index contributed by atoms with van der Waals surface area (Å²) < 4.78 is 7.05. The minimum absolute atomic E-state index is 0.0773. The topological polar surface area (TPSA) is 81.4 Å². The molecule has 0 aliphatic rings. The first-order chi connectivity index (χ1) is 17.0. The number of hydrogen-bond donors (Lipinski definition) is 1. The quantitative estimate of drug-likeness (QED) is 0.0999. The molecule has 0 bridgehead atoms. The minimum Gasteiger partial charge on any atom is -0.461 e. The van der Waals surface area contributed by atoms with Gasteiger partial charge < -0.3 is 4.74 Å². The van der Waals surface area contributed by atoms with Crippen molar-refractivity contribution in [2.24, 2.45) is 5.10 Å². The van der Waals surface area contributed by atoms with Gasteiger partial charge >= 0.3 is 5.97 Å². The molecule has 4 aromatic rings. The Morgan fingerprint density at radius 1 is 1.06 bits per heavy atom. The van der Waals surface area contributed by atoms with Crippen LogP contribution < -0.4 is 5.43 Å². The number of aryl methyl sites for hydroxylation is 1. The van der Waals surface area contributed by atoms with Gasteiger partial charge in [-0.15, -0.1) is 10.2 Å². The number of esters is 1. The summed E-state index contributed by atoms with van der Waals surface area (Å²) in [5.74, 6) is -0.0808. The standard InChI is InChI=1S/C25H21Cl2N5O2S/c1-3-34-24(33)23(30-28-21-12-8-7-9-16(21)2)35-25-31-29-22(19-14-13-17(26)15-20(19)27)32(25)18-10-5-4-6-11-18/h4-15,28H,3H2,1-2H3. The lowest BCUT2D eigenvalue weighted by Crippen LogP contribution is -2.17. The fraction of sp³-hybridized carbons (Fsp3) is 0.120. The molecule has 0 aliphatic heterocycles. The highest BCUT2D eigenvalue weighted by molar-refractivity contribution is 8.15. The van der Waals surface area contributed by atoms with E-state index in [4.69, 9.17) is 27.9 Å². The lowest BCUT2D eigenvalue weighted by Gasteiger charge is -2.12. The number of ether oxygens (including phenoxy) is 1. The second kappa shape index (κ2) is 11.4. The summed E-state index contributed by atoms with van der Waals surface area (Å²) in [6, 6.07) is 22.3. The molecule has 35 heavy (non-hydrogen) atoms. The van der Waals surface area contributed by atoms with Crippen LogP contribution >= 0.6 is 35.0 Å². The lowest BCUT2D eigenvalue weighted by atomic mass is 10.2. The maximum atomic E-state index is 12.8. The smallest absolute Gasteiger partial charge is 0.365 e. The molecule has 10 heteroatoms. The van der Waals surface area contributed by atoms with Crippen LogP contribution in [0.3, 0.4) is 0 Å². The first-order valence-corrected chi connectivity index (χ1v) is 12.3. The largest absolute Gasteiger partial charge is 0.461 e. The first-order valence-electron chi connectivity index (χ1n) is 10.7. The van der Waals surface area contributed by atoms with E-state index in [2.05, 4.69) is 20.7 Å². The highest BCUT2D eigenvalue weighted by Crippen LogP contribution is 2.34. The molecule has 0 aliphatic carbocycles. The second-order valence-electron chi connectivity index (χ2n) is 7.27. The Balaban J connectivity index is 1.78. The number of nitrogens with one attached hydrogen (secondary N) is 1. The number of thioether (sulfide) groups is 1. The highest BCUT2D eigenvalue weighted by Gasteiger charge is 2.23. The van der Waals surface area contributed by atoms with E-state index in [0.717, 1.165) is 28.7 Å². The van der Waals surface area contributed by atoms with Crippen molar-refractivity contribution in [1.82, 2.24) is 14.8 Å². The number of hydrogen-bond acceptors (Lipinski definition) is 7. The summed E-state index contributed by atoms with van der Waals surface area (Å²) in [6.45, 7) is 3.89. The van der Waals surface area contributed by atoms with Gasteiger partial charge in [-0.25, -0.2) is 4.79 Å². The van der Waals surface area contributed by atoms with E-state index in [1.54, 1.807) is 25.1 Å². The molecule has 3 aromatic carbocycles. The van der Waals surface area contributed by atoms with Crippen LogP contribution in [0.1, 0.15) is 12.5 Å². The zero-order chi connectivity index (χ0) is 24.8. The number of anilines is 1. The van der Waals surface area contributed by atoms with Crippen LogP contribution in [0.4, 0.5) is 5.69 Å². The van der Waals surface area contributed by atoms with E-state index in [-0.39, 0.29) is 11.7 Å². The van der Waals surface area contributed by atoms with Gasteiger partial charge in [0.25, 0.3) is 0 Å². The summed E-state index contributed by atoms with van der Waals surface area (Å²) in [5.41, 5.74) is 6.15. The number of aromatic nitrogens is 3. The number of nitrogens with zero attached hydrogens (tertiary/aromatic N) is 4. The third-order valence-electron chi connectivity index (χ3n) is 4.88. The van der Waals surface area contributed by atoms with Crippen molar-refractivity contribution in [3.8, 4) is 17.1 Å². The number of benzene rings is 3. The molecule has 1 aromatic heterocycles. The highest BCUT2D eigenvalue weighted by atomic mass is 35.5. The normalized spacial score (nSPS) is 11.4. The third kappa shape index (κ3) is 5.85. The Kier molecular flexibility index (Phi) is 8.07. The predicted molar refractivity (Wildman–Crippen MR) is 142 cm³/mol. The van der Waals surface area contributed by atoms with E-state index in [0.29, 0.717) is 26.6 Å². The molecule has 0 spiro atoms. The third-order valence-corrected chi connectivity index (χ3v) is 6.33. The van der Waals surface area contributed by atoms with Crippen molar-refractivity contribution in [3.05, 3.63) is 88.4 Å². The van der Waals surface area contributed by atoms with Gasteiger partial charge in [0.05, 0.1) is 17.3 Å². The Hall–Kier alpha value is -3.33. The molecule has 178 valence electrons. The van der Waals surface area contributed by atoms with Gasteiger partial charge in [0.1, 0.15) is 0 Å². The van der Waals surface area contributed by atoms with Crippen LogP contribution in [0.5, 0.6) is 0 Å². The van der Waals surface area contributed by atoms with E-state index < -0.39 is 5.97 Å². The van der Waals surface area contributed by atoms with Crippen molar-refractivity contribution < 1.29 is 9.53 Å². The van der Waals surface area contributed by atoms with Gasteiger partial charge in [-0.3, -0.25) is 9.99 Å². The van der Waals surface area contributed by atoms with Crippen LogP contribution in [0.15, 0.2) is 83.1 Å². The maximum Gasteiger partial charge on any atom is 0.365 e. The number of rotatable bonds is 6. The molecule has 0 amide bonds. The Morgan fingerprint density at radius 3 is 2.51 bits per heavy atom. The molecule has 4 rings (SSSR count). The molecular formula is C25H21Cl2N5O2S. The van der Waals surface area contributed by atoms with Gasteiger partial charge in [0.2, 0.25) is 10.2 Å². The summed E-state index contributed by atoms with van der Waals surface area (Å²) >= 11 is 13.6. The monoisotopic (exact) mass is 525 g/mol. The van der Waals surface area contributed by atoms with Crippen LogP contribution in [-0.4, -0.2) is 32.4 Å². The van der Waals surface area contributed by atoms with Crippen molar-refractivity contribution in [1.29, 1.82) is 0 Å². The molecule has 0 atom stereocenters. The van der Waals surface area contributed by atoms with Crippen LogP contribution in [0.25, 0.3) is 17.1 Å². The van der Waals surface area contributed by atoms with E-state index in [9.17, 15) is 4.79 Å². The average Bonchev–Trinajstić information content (AvgIpc) is 3.26. The molecule has 0 unspecified atom stereocenters. The zero-order valence-corrected chi connectivity index (χ0v) is 21.2. The van der Waals surface area contributed by atoms with Crippen molar-refractivity contribution >= 4 is 51.7 Å². The van der Waals surface area contributed by atoms with Gasteiger partial charge in [0, 0.05) is 16.3 Å². The van der Waals surface area contributed by atoms with Gasteiger partial charge in [-0.2, -0.15) is 5.10 Å². The molecule has 0 fully saturated rings. The summed E-state index contributed by atoms with van der Waals surface area (Å²) in [5, 5.41) is 14.5. The number of para-hydroxylation sites is 2. The fourth-order valence-electron chi connectivity index (χ4n) is 3.19. The number of carbonyl (C=O) groups is 1. The second-order valence-corrected chi connectivity index (χ2v) is 9.07. The molecule has 0 saturated carbocycles. The Bertz CT molecular complexity index is 1380. The van der Waals surface area contributed by atoms with Gasteiger partial charge in [-0.05, 0) is 67.6 Å². The fourth-order valence-corrected chi connectivity index (χ4v) is 4.45. The molecule has 0 radical (unpaired) electrons. The molecule has 0 saturated heterocycles. The summed E-state index contributed by atoms with van der Waals surface area (Å²) in [7, 11) is 0. The van der Waals surface area contributed by atoms with Gasteiger partial charge in [0.15, 0.2) is 5.82 Å². The Labute approximate surface area is 217 Å².